The summed E-state index contributed by atoms with van der Waals surface area (Å²) >= 11 is 0. The molecule has 0 radical (unpaired) electrons. The van der Waals surface area contributed by atoms with Crippen LogP contribution in [0, 0.1) is 20.2 Å². The second kappa shape index (κ2) is 8.71. The summed E-state index contributed by atoms with van der Waals surface area (Å²) in [6.07, 6.45) is 3.11. The normalized spacial score (nSPS) is 10.6. The van der Waals surface area contributed by atoms with Crippen LogP contribution in [-0.4, -0.2) is 38.3 Å². The van der Waals surface area contributed by atoms with Crippen molar-refractivity contribution in [3.8, 4) is 23.0 Å². The van der Waals surface area contributed by atoms with E-state index >= 15 is 0 Å². The number of nitro benzene ring substituents is 2. The lowest BCUT2D eigenvalue weighted by Gasteiger charge is -2.12. The zero-order valence-electron chi connectivity index (χ0n) is 15.6. The standard InChI is InChI=1S/C18H18N2O8/c1-25-15-9-12(10-16(26-2)18(15)28-4)6-5-11-7-13(19(21)22)17(27-3)14(8-11)20(23)24/h5-10H,1-4H3/b6-5-. The first kappa shape index (κ1) is 20.5. The van der Waals surface area contributed by atoms with Gasteiger partial charge in [0.1, 0.15) is 0 Å². The first-order valence-corrected chi connectivity index (χ1v) is 7.85. The summed E-state index contributed by atoms with van der Waals surface area (Å²) < 4.78 is 20.6. The van der Waals surface area contributed by atoms with Gasteiger partial charge in [0.05, 0.1) is 38.3 Å². The number of nitro groups is 2. The molecule has 0 unspecified atom stereocenters. The van der Waals surface area contributed by atoms with E-state index < -0.39 is 27.0 Å². The highest BCUT2D eigenvalue weighted by Gasteiger charge is 2.27. The van der Waals surface area contributed by atoms with Crippen LogP contribution in [0.4, 0.5) is 11.4 Å². The van der Waals surface area contributed by atoms with Crippen LogP contribution < -0.4 is 18.9 Å². The van der Waals surface area contributed by atoms with Crippen molar-refractivity contribution in [3.05, 3.63) is 55.6 Å². The topological polar surface area (TPSA) is 123 Å². The van der Waals surface area contributed by atoms with E-state index in [1.165, 1.54) is 39.5 Å². The summed E-state index contributed by atoms with van der Waals surface area (Å²) in [4.78, 5) is 21.0. The Labute approximate surface area is 160 Å². The van der Waals surface area contributed by atoms with E-state index in [1.807, 2.05) is 0 Å². The van der Waals surface area contributed by atoms with Gasteiger partial charge in [0, 0.05) is 12.1 Å². The van der Waals surface area contributed by atoms with Gasteiger partial charge >= 0.3 is 11.4 Å². The van der Waals surface area contributed by atoms with Gasteiger partial charge in [-0.1, -0.05) is 12.2 Å². The SMILES string of the molecule is COc1cc(/C=C\c2cc([N+](=O)[O-])c(OC)c([N+](=O)[O-])c2)cc(OC)c1OC. The van der Waals surface area contributed by atoms with Crippen molar-refractivity contribution < 1.29 is 28.8 Å². The minimum absolute atomic E-state index is 0.257. The molecule has 0 fully saturated rings. The van der Waals surface area contributed by atoms with Crippen molar-refractivity contribution >= 4 is 23.5 Å². The highest BCUT2D eigenvalue weighted by atomic mass is 16.6. The number of rotatable bonds is 8. The highest BCUT2D eigenvalue weighted by Crippen LogP contribution is 2.40. The minimum atomic E-state index is -0.734. The molecule has 0 saturated heterocycles. The van der Waals surface area contributed by atoms with Gasteiger partial charge in [0.25, 0.3) is 5.75 Å². The van der Waals surface area contributed by atoms with Crippen molar-refractivity contribution in [2.75, 3.05) is 28.4 Å². The Morgan fingerprint density at radius 3 is 1.39 bits per heavy atom. The summed E-state index contributed by atoms with van der Waals surface area (Å²) in [5.74, 6) is 0.860. The fourth-order valence-corrected chi connectivity index (χ4v) is 2.59. The maximum absolute atomic E-state index is 11.3. The molecule has 2 aromatic carbocycles. The molecule has 28 heavy (non-hydrogen) atoms. The monoisotopic (exact) mass is 390 g/mol. The molecule has 0 aliphatic rings. The van der Waals surface area contributed by atoms with E-state index in [1.54, 1.807) is 18.2 Å². The summed E-state index contributed by atoms with van der Waals surface area (Å²) in [6.45, 7) is 0. The Morgan fingerprint density at radius 1 is 0.679 bits per heavy atom. The molecule has 2 rings (SSSR count). The van der Waals surface area contributed by atoms with Crippen LogP contribution in [0.3, 0.4) is 0 Å². The predicted molar refractivity (Wildman–Crippen MR) is 101 cm³/mol. The average molecular weight is 390 g/mol. The second-order valence-electron chi connectivity index (χ2n) is 5.40. The van der Waals surface area contributed by atoms with E-state index in [0.717, 1.165) is 7.11 Å². The van der Waals surface area contributed by atoms with Crippen LogP contribution in [0.1, 0.15) is 11.1 Å². The molecular formula is C18H18N2O8. The van der Waals surface area contributed by atoms with Crippen molar-refractivity contribution in [2.24, 2.45) is 0 Å². The lowest BCUT2D eigenvalue weighted by molar-refractivity contribution is -0.395. The number of methoxy groups -OCH3 is 4. The Hall–Kier alpha value is -3.82. The molecular weight excluding hydrogens is 372 g/mol. The summed E-state index contributed by atoms with van der Waals surface area (Å²) in [5.41, 5.74) is -0.106. The Balaban J connectivity index is 2.55. The van der Waals surface area contributed by atoms with E-state index in [4.69, 9.17) is 18.9 Å². The second-order valence-corrected chi connectivity index (χ2v) is 5.40. The maximum Gasteiger partial charge on any atom is 0.318 e. The fourth-order valence-electron chi connectivity index (χ4n) is 2.59. The number of hydrogen-bond donors (Lipinski definition) is 0. The van der Waals surface area contributed by atoms with Crippen molar-refractivity contribution in [1.29, 1.82) is 0 Å². The number of nitrogens with zero attached hydrogens (tertiary/aromatic N) is 2. The zero-order chi connectivity index (χ0) is 20.8. The third-order valence-electron chi connectivity index (χ3n) is 3.82. The van der Waals surface area contributed by atoms with Crippen LogP contribution in [0.5, 0.6) is 23.0 Å². The van der Waals surface area contributed by atoms with Gasteiger partial charge in [-0.15, -0.1) is 0 Å². The fraction of sp³-hybridized carbons (Fsp3) is 0.222. The van der Waals surface area contributed by atoms with Gasteiger partial charge in [0.15, 0.2) is 11.5 Å². The molecule has 10 heteroatoms. The van der Waals surface area contributed by atoms with Gasteiger partial charge in [-0.25, -0.2) is 0 Å². The van der Waals surface area contributed by atoms with Gasteiger partial charge in [0.2, 0.25) is 5.75 Å². The third kappa shape index (κ3) is 4.11. The maximum atomic E-state index is 11.3. The average Bonchev–Trinajstić information content (AvgIpc) is 2.70. The molecule has 0 bridgehead atoms. The van der Waals surface area contributed by atoms with Gasteiger partial charge in [-0.3, -0.25) is 20.2 Å². The highest BCUT2D eigenvalue weighted by molar-refractivity contribution is 5.76. The first-order chi connectivity index (χ1) is 13.4. The summed E-state index contributed by atoms with van der Waals surface area (Å²) in [6, 6.07) is 5.73. The molecule has 0 aliphatic heterocycles. The third-order valence-corrected chi connectivity index (χ3v) is 3.82. The molecule has 0 heterocycles. The molecule has 148 valence electrons. The van der Waals surface area contributed by atoms with E-state index in [-0.39, 0.29) is 5.56 Å². The zero-order valence-corrected chi connectivity index (χ0v) is 15.6. The van der Waals surface area contributed by atoms with Gasteiger partial charge < -0.3 is 18.9 Å². The lowest BCUT2D eigenvalue weighted by Crippen LogP contribution is -1.99. The molecule has 0 aromatic heterocycles. The number of benzene rings is 2. The van der Waals surface area contributed by atoms with Gasteiger partial charge in [-0.05, 0) is 23.3 Å². The smallest absolute Gasteiger partial charge is 0.318 e. The van der Waals surface area contributed by atoms with E-state index in [0.29, 0.717) is 22.8 Å². The largest absolute Gasteiger partial charge is 0.493 e. The van der Waals surface area contributed by atoms with Crippen LogP contribution in [0.2, 0.25) is 0 Å². The summed E-state index contributed by atoms with van der Waals surface area (Å²) in [5, 5.41) is 22.5. The minimum Gasteiger partial charge on any atom is -0.493 e. The van der Waals surface area contributed by atoms with Crippen LogP contribution in [-0.2, 0) is 0 Å². The molecule has 0 spiro atoms. The van der Waals surface area contributed by atoms with Crippen molar-refractivity contribution in [3.63, 3.8) is 0 Å². The number of hydrogen-bond acceptors (Lipinski definition) is 8. The Bertz CT molecular complexity index is 879. The number of ether oxygens (including phenoxy) is 4. The molecule has 0 aliphatic carbocycles. The quantitative estimate of drug-likeness (QED) is 0.380. The van der Waals surface area contributed by atoms with Gasteiger partial charge in [-0.2, -0.15) is 0 Å². The molecule has 0 atom stereocenters. The van der Waals surface area contributed by atoms with E-state index in [9.17, 15) is 20.2 Å². The molecule has 0 N–H and O–H groups in total. The molecule has 0 saturated carbocycles. The van der Waals surface area contributed by atoms with E-state index in [2.05, 4.69) is 0 Å². The van der Waals surface area contributed by atoms with Crippen molar-refractivity contribution in [1.82, 2.24) is 0 Å². The molecule has 2 aromatic rings. The van der Waals surface area contributed by atoms with Crippen LogP contribution in [0.15, 0.2) is 24.3 Å². The predicted octanol–water partition coefficient (Wildman–Crippen LogP) is 3.71. The Morgan fingerprint density at radius 2 is 1.07 bits per heavy atom. The first-order valence-electron chi connectivity index (χ1n) is 7.85. The molecule has 10 nitrogen and oxygen atoms in total. The lowest BCUT2D eigenvalue weighted by atomic mass is 10.1. The van der Waals surface area contributed by atoms with Crippen molar-refractivity contribution in [2.45, 2.75) is 0 Å². The Kier molecular flexibility index (Phi) is 6.38. The molecule has 0 amide bonds. The summed E-state index contributed by atoms with van der Waals surface area (Å²) in [7, 11) is 5.56. The van der Waals surface area contributed by atoms with Crippen LogP contribution in [0.25, 0.3) is 12.2 Å². The van der Waals surface area contributed by atoms with Crippen LogP contribution >= 0.6 is 0 Å².